The molecule has 0 saturated carbocycles. The summed E-state index contributed by atoms with van der Waals surface area (Å²) >= 11 is 1.25. The highest BCUT2D eigenvalue weighted by Gasteiger charge is 2.20. The molecule has 136 valence electrons. The van der Waals surface area contributed by atoms with Gasteiger partial charge in [-0.15, -0.1) is 11.3 Å². The number of aryl methyl sites for hydroxylation is 1. The summed E-state index contributed by atoms with van der Waals surface area (Å²) in [7, 11) is -3.81. The fraction of sp³-hybridized carbons (Fsp3) is 0.412. The van der Waals surface area contributed by atoms with Crippen LogP contribution in [0, 0.1) is 18.7 Å². The molecule has 1 aromatic carbocycles. The number of benzene rings is 1. The SMILES string of the molecule is Cc1sc(-c2cc(F)ccc2OCC2CCOCC2)cc1S(N)(=O)=O. The van der Waals surface area contributed by atoms with Crippen LogP contribution >= 0.6 is 11.3 Å². The summed E-state index contributed by atoms with van der Waals surface area (Å²) in [6, 6.07) is 5.75. The van der Waals surface area contributed by atoms with E-state index in [9.17, 15) is 12.8 Å². The maximum atomic E-state index is 13.8. The van der Waals surface area contributed by atoms with Crippen LogP contribution < -0.4 is 9.88 Å². The fourth-order valence-corrected chi connectivity index (χ4v) is 4.99. The van der Waals surface area contributed by atoms with Gasteiger partial charge >= 0.3 is 0 Å². The first-order chi connectivity index (χ1) is 11.8. The standard InChI is InChI=1S/C17H20FNO4S2/c1-11-17(25(19,20)21)9-16(24-11)14-8-13(18)2-3-15(14)23-10-12-4-6-22-7-5-12/h2-3,8-9,12H,4-7,10H2,1H3,(H2,19,20,21). The third-order valence-corrected chi connectivity index (χ3v) is 6.45. The van der Waals surface area contributed by atoms with Crippen molar-refractivity contribution in [3.8, 4) is 16.2 Å². The number of halogens is 1. The highest BCUT2D eigenvalue weighted by molar-refractivity contribution is 7.89. The zero-order valence-corrected chi connectivity index (χ0v) is 15.5. The summed E-state index contributed by atoms with van der Waals surface area (Å²) in [5, 5.41) is 5.23. The summed E-state index contributed by atoms with van der Waals surface area (Å²) in [6.07, 6.45) is 1.87. The van der Waals surface area contributed by atoms with Gasteiger partial charge in [-0.25, -0.2) is 17.9 Å². The van der Waals surface area contributed by atoms with Crippen LogP contribution in [0.15, 0.2) is 29.2 Å². The third kappa shape index (κ3) is 4.38. The molecule has 5 nitrogen and oxygen atoms in total. The van der Waals surface area contributed by atoms with Gasteiger partial charge in [-0.3, -0.25) is 0 Å². The Kier molecular flexibility index (Phi) is 5.43. The number of thiophene rings is 1. The Bertz CT molecular complexity index is 858. The molecule has 0 aliphatic carbocycles. The molecule has 1 saturated heterocycles. The lowest BCUT2D eigenvalue weighted by molar-refractivity contribution is 0.0498. The van der Waals surface area contributed by atoms with Gasteiger partial charge in [-0.1, -0.05) is 0 Å². The second-order valence-electron chi connectivity index (χ2n) is 6.08. The molecule has 3 rings (SSSR count). The van der Waals surface area contributed by atoms with Crippen molar-refractivity contribution in [2.75, 3.05) is 19.8 Å². The number of primary sulfonamides is 1. The van der Waals surface area contributed by atoms with Crippen molar-refractivity contribution in [2.24, 2.45) is 11.1 Å². The Morgan fingerprint density at radius 3 is 2.68 bits per heavy atom. The predicted molar refractivity (Wildman–Crippen MR) is 94.9 cm³/mol. The summed E-state index contributed by atoms with van der Waals surface area (Å²) < 4.78 is 48.3. The molecule has 0 radical (unpaired) electrons. The number of nitrogens with two attached hydrogens (primary N) is 1. The minimum atomic E-state index is -3.81. The third-order valence-electron chi connectivity index (χ3n) is 4.20. The molecular weight excluding hydrogens is 365 g/mol. The maximum Gasteiger partial charge on any atom is 0.239 e. The van der Waals surface area contributed by atoms with Gasteiger partial charge in [0.25, 0.3) is 0 Å². The molecule has 1 fully saturated rings. The van der Waals surface area contributed by atoms with Crippen LogP contribution in [0.3, 0.4) is 0 Å². The molecule has 0 amide bonds. The Morgan fingerprint density at radius 2 is 2.04 bits per heavy atom. The van der Waals surface area contributed by atoms with Crippen LogP contribution in [0.25, 0.3) is 10.4 Å². The van der Waals surface area contributed by atoms with Crippen molar-refractivity contribution in [1.82, 2.24) is 0 Å². The van der Waals surface area contributed by atoms with Gasteiger partial charge in [0.15, 0.2) is 0 Å². The quantitative estimate of drug-likeness (QED) is 0.856. The van der Waals surface area contributed by atoms with Crippen LogP contribution in [0.1, 0.15) is 17.7 Å². The first kappa shape index (κ1) is 18.3. The van der Waals surface area contributed by atoms with Crippen molar-refractivity contribution in [3.63, 3.8) is 0 Å². The van der Waals surface area contributed by atoms with Crippen molar-refractivity contribution in [1.29, 1.82) is 0 Å². The van der Waals surface area contributed by atoms with E-state index in [1.807, 2.05) is 0 Å². The number of hydrogen-bond acceptors (Lipinski definition) is 5. The van der Waals surface area contributed by atoms with Gasteiger partial charge in [0.2, 0.25) is 10.0 Å². The minimum absolute atomic E-state index is 0.0622. The zero-order valence-electron chi connectivity index (χ0n) is 13.8. The van der Waals surface area contributed by atoms with E-state index in [-0.39, 0.29) is 4.90 Å². The molecule has 1 aromatic heterocycles. The first-order valence-electron chi connectivity index (χ1n) is 7.98. The van der Waals surface area contributed by atoms with Crippen molar-refractivity contribution >= 4 is 21.4 Å². The summed E-state index contributed by atoms with van der Waals surface area (Å²) in [4.78, 5) is 1.24. The van der Waals surface area contributed by atoms with E-state index in [4.69, 9.17) is 14.6 Å². The van der Waals surface area contributed by atoms with E-state index in [0.29, 0.717) is 33.6 Å². The van der Waals surface area contributed by atoms with E-state index in [1.54, 1.807) is 13.0 Å². The highest BCUT2D eigenvalue weighted by Crippen LogP contribution is 2.38. The van der Waals surface area contributed by atoms with Crippen molar-refractivity contribution in [3.05, 3.63) is 35.0 Å². The van der Waals surface area contributed by atoms with Crippen LogP contribution in [0.2, 0.25) is 0 Å². The Morgan fingerprint density at radius 1 is 1.32 bits per heavy atom. The molecule has 1 aliphatic heterocycles. The average Bonchev–Trinajstić information content (AvgIpc) is 2.96. The number of sulfonamides is 1. The van der Waals surface area contributed by atoms with Gasteiger partial charge in [0.05, 0.1) is 11.5 Å². The molecule has 25 heavy (non-hydrogen) atoms. The molecule has 2 heterocycles. The summed E-state index contributed by atoms with van der Waals surface area (Å²) in [5.41, 5.74) is 0.537. The Labute approximate surface area is 150 Å². The number of ether oxygens (including phenoxy) is 2. The first-order valence-corrected chi connectivity index (χ1v) is 10.3. The normalized spacial score (nSPS) is 16.1. The smallest absolute Gasteiger partial charge is 0.239 e. The van der Waals surface area contributed by atoms with Crippen LogP contribution in [-0.2, 0) is 14.8 Å². The maximum absolute atomic E-state index is 13.8. The van der Waals surface area contributed by atoms with Crippen LogP contribution in [-0.4, -0.2) is 28.2 Å². The van der Waals surface area contributed by atoms with Crippen LogP contribution in [0.5, 0.6) is 5.75 Å². The van der Waals surface area contributed by atoms with Crippen molar-refractivity contribution in [2.45, 2.75) is 24.7 Å². The molecule has 1 aliphatic rings. The lowest BCUT2D eigenvalue weighted by Crippen LogP contribution is -2.21. The van der Waals surface area contributed by atoms with E-state index in [2.05, 4.69) is 0 Å². The molecule has 0 spiro atoms. The van der Waals surface area contributed by atoms with E-state index < -0.39 is 15.8 Å². The van der Waals surface area contributed by atoms with E-state index >= 15 is 0 Å². The molecule has 2 aromatic rings. The lowest BCUT2D eigenvalue weighted by atomic mass is 10.0. The molecule has 0 unspecified atom stereocenters. The van der Waals surface area contributed by atoms with Gasteiger partial charge in [0.1, 0.15) is 11.6 Å². The van der Waals surface area contributed by atoms with Crippen molar-refractivity contribution < 1.29 is 22.3 Å². The lowest BCUT2D eigenvalue weighted by Gasteiger charge is -2.22. The second-order valence-corrected chi connectivity index (χ2v) is 8.87. The monoisotopic (exact) mass is 385 g/mol. The number of rotatable bonds is 5. The van der Waals surface area contributed by atoms with Gasteiger partial charge in [-0.2, -0.15) is 0 Å². The summed E-state index contributed by atoms with van der Waals surface area (Å²) in [6.45, 7) is 3.66. The Balaban J connectivity index is 1.89. The molecule has 2 N–H and O–H groups in total. The molecule has 0 atom stereocenters. The molecule has 0 bridgehead atoms. The largest absolute Gasteiger partial charge is 0.493 e. The van der Waals surface area contributed by atoms with Crippen LogP contribution in [0.4, 0.5) is 4.39 Å². The topological polar surface area (TPSA) is 78.6 Å². The minimum Gasteiger partial charge on any atom is -0.493 e. The highest BCUT2D eigenvalue weighted by atomic mass is 32.2. The van der Waals surface area contributed by atoms with E-state index in [0.717, 1.165) is 26.1 Å². The Hall–Kier alpha value is -1.48. The fourth-order valence-electron chi connectivity index (χ4n) is 2.82. The zero-order chi connectivity index (χ0) is 18.0. The van der Waals surface area contributed by atoms with Gasteiger partial charge in [-0.05, 0) is 49.9 Å². The predicted octanol–water partition coefficient (Wildman–Crippen LogP) is 3.32. The van der Waals surface area contributed by atoms with Gasteiger partial charge < -0.3 is 9.47 Å². The average molecular weight is 385 g/mol. The second kappa shape index (κ2) is 7.41. The number of hydrogen-bond donors (Lipinski definition) is 1. The van der Waals surface area contributed by atoms with E-state index in [1.165, 1.54) is 29.5 Å². The van der Waals surface area contributed by atoms with Gasteiger partial charge in [0, 0.05) is 28.5 Å². The summed E-state index contributed by atoms with van der Waals surface area (Å²) in [5.74, 6) is 0.531. The molecule has 8 heteroatoms. The molecular formula is C17H20FNO4S2.